The Balaban J connectivity index is 1.66. The first-order valence-electron chi connectivity index (χ1n) is 9.88. The second kappa shape index (κ2) is 9.04. The molecular weight excluding hydrogens is 338 g/mol. The number of rotatable bonds is 6. The van der Waals surface area contributed by atoms with E-state index >= 15 is 0 Å². The zero-order valence-electron chi connectivity index (χ0n) is 16.7. The maximum absolute atomic E-state index is 12.8. The lowest BCUT2D eigenvalue weighted by Gasteiger charge is -2.33. The van der Waals surface area contributed by atoms with E-state index in [9.17, 15) is 4.79 Å². The van der Waals surface area contributed by atoms with Gasteiger partial charge in [0.15, 0.2) is 0 Å². The van der Waals surface area contributed by atoms with Crippen LogP contribution in [0.4, 0.5) is 10.5 Å². The second-order valence-electron chi connectivity index (χ2n) is 7.51. The van der Waals surface area contributed by atoms with Gasteiger partial charge in [-0.25, -0.2) is 9.78 Å². The number of aryl methyl sites for hydroxylation is 1. The van der Waals surface area contributed by atoms with E-state index in [0.29, 0.717) is 5.92 Å². The molecule has 0 saturated carbocycles. The van der Waals surface area contributed by atoms with Gasteiger partial charge in [-0.1, -0.05) is 25.1 Å². The van der Waals surface area contributed by atoms with Gasteiger partial charge in [0, 0.05) is 50.2 Å². The minimum atomic E-state index is -0.00741. The van der Waals surface area contributed by atoms with Gasteiger partial charge in [0.2, 0.25) is 0 Å². The van der Waals surface area contributed by atoms with Gasteiger partial charge in [0.25, 0.3) is 0 Å². The zero-order chi connectivity index (χ0) is 19.2. The third-order valence-electron chi connectivity index (χ3n) is 5.25. The molecule has 1 N–H and O–H groups in total. The standard InChI is InChI=1S/C21H31N5O/c1-4-17-8-5-6-10-19(17)23-21(27)26-12-7-9-18(16-26)20-22-11-13-25(20)15-14-24(2)3/h5-6,8,10-11,13,18H,4,7,9,12,14-16H2,1-3H3,(H,23,27). The molecule has 0 bridgehead atoms. The average Bonchev–Trinajstić information content (AvgIpc) is 3.15. The Labute approximate surface area is 162 Å². The number of carbonyl (C=O) groups is 1. The van der Waals surface area contributed by atoms with Crippen molar-refractivity contribution in [1.29, 1.82) is 0 Å². The van der Waals surface area contributed by atoms with Gasteiger partial charge in [0.1, 0.15) is 5.82 Å². The lowest BCUT2D eigenvalue weighted by molar-refractivity contribution is 0.190. The van der Waals surface area contributed by atoms with Gasteiger partial charge < -0.3 is 19.7 Å². The van der Waals surface area contributed by atoms with Crippen molar-refractivity contribution in [3.05, 3.63) is 48.0 Å². The van der Waals surface area contributed by atoms with Crippen LogP contribution in [0, 0.1) is 0 Å². The first kappa shape index (κ1) is 19.4. The van der Waals surface area contributed by atoms with Crippen LogP contribution in [0.15, 0.2) is 36.7 Å². The SMILES string of the molecule is CCc1ccccc1NC(=O)N1CCCC(c2nccn2CCN(C)C)C1. The number of piperidine rings is 1. The number of nitrogens with zero attached hydrogens (tertiary/aromatic N) is 4. The van der Waals surface area contributed by atoms with Crippen LogP contribution >= 0.6 is 0 Å². The smallest absolute Gasteiger partial charge is 0.321 e. The van der Waals surface area contributed by atoms with Crippen molar-refractivity contribution in [2.75, 3.05) is 39.0 Å². The third-order valence-corrected chi connectivity index (χ3v) is 5.25. The minimum Gasteiger partial charge on any atom is -0.333 e. The lowest BCUT2D eigenvalue weighted by atomic mass is 9.97. The Morgan fingerprint density at radius 2 is 2.15 bits per heavy atom. The molecule has 2 amide bonds. The van der Waals surface area contributed by atoms with Crippen LogP contribution in [-0.2, 0) is 13.0 Å². The summed E-state index contributed by atoms with van der Waals surface area (Å²) in [5.41, 5.74) is 2.08. The number of likely N-dealkylation sites (N-methyl/N-ethyl adjacent to an activating group) is 1. The fraction of sp³-hybridized carbons (Fsp3) is 0.524. The largest absolute Gasteiger partial charge is 0.333 e. The van der Waals surface area contributed by atoms with E-state index in [0.717, 1.165) is 57.0 Å². The lowest BCUT2D eigenvalue weighted by Crippen LogP contribution is -2.42. The average molecular weight is 370 g/mol. The number of urea groups is 1. The summed E-state index contributed by atoms with van der Waals surface area (Å²) in [4.78, 5) is 21.6. The quantitative estimate of drug-likeness (QED) is 0.849. The van der Waals surface area contributed by atoms with Crippen LogP contribution in [0.5, 0.6) is 0 Å². The maximum Gasteiger partial charge on any atom is 0.321 e. The topological polar surface area (TPSA) is 53.4 Å². The molecule has 146 valence electrons. The summed E-state index contributed by atoms with van der Waals surface area (Å²) in [5, 5.41) is 3.10. The number of amides is 2. The normalized spacial score (nSPS) is 17.3. The van der Waals surface area contributed by atoms with Crippen LogP contribution < -0.4 is 5.32 Å². The number of benzene rings is 1. The Morgan fingerprint density at radius 3 is 2.93 bits per heavy atom. The molecule has 1 unspecified atom stereocenters. The molecule has 1 aliphatic heterocycles. The van der Waals surface area contributed by atoms with Crippen molar-refractivity contribution in [3.63, 3.8) is 0 Å². The first-order chi connectivity index (χ1) is 13.1. The van der Waals surface area contributed by atoms with E-state index in [1.54, 1.807) is 0 Å². The van der Waals surface area contributed by atoms with Gasteiger partial charge in [-0.2, -0.15) is 0 Å². The summed E-state index contributed by atoms with van der Waals surface area (Å²) in [7, 11) is 4.16. The monoisotopic (exact) mass is 369 g/mol. The fourth-order valence-electron chi connectivity index (χ4n) is 3.69. The Kier molecular flexibility index (Phi) is 6.50. The summed E-state index contributed by atoms with van der Waals surface area (Å²) in [6, 6.07) is 8.02. The Morgan fingerprint density at radius 1 is 1.33 bits per heavy atom. The number of imidazole rings is 1. The molecule has 1 aromatic heterocycles. The molecule has 1 aliphatic rings. The number of hydrogen-bond acceptors (Lipinski definition) is 3. The highest BCUT2D eigenvalue weighted by molar-refractivity contribution is 5.90. The van der Waals surface area contributed by atoms with E-state index in [1.807, 2.05) is 29.3 Å². The van der Waals surface area contributed by atoms with Gasteiger partial charge >= 0.3 is 6.03 Å². The van der Waals surface area contributed by atoms with E-state index in [4.69, 9.17) is 0 Å². The molecule has 6 nitrogen and oxygen atoms in total. The van der Waals surface area contributed by atoms with Crippen LogP contribution in [0.3, 0.4) is 0 Å². The molecule has 0 spiro atoms. The Bertz CT molecular complexity index is 755. The van der Waals surface area contributed by atoms with E-state index in [-0.39, 0.29) is 6.03 Å². The summed E-state index contributed by atoms with van der Waals surface area (Å²) >= 11 is 0. The first-order valence-corrected chi connectivity index (χ1v) is 9.88. The Hall–Kier alpha value is -2.34. The molecule has 0 radical (unpaired) electrons. The maximum atomic E-state index is 12.8. The van der Waals surface area contributed by atoms with Crippen molar-refractivity contribution in [2.45, 2.75) is 38.6 Å². The van der Waals surface area contributed by atoms with Crippen LogP contribution in [0.1, 0.15) is 37.1 Å². The molecule has 27 heavy (non-hydrogen) atoms. The van der Waals surface area contributed by atoms with E-state index in [2.05, 4.69) is 53.1 Å². The molecule has 1 aromatic carbocycles. The summed E-state index contributed by atoms with van der Waals surface area (Å²) in [6.07, 6.45) is 6.92. The van der Waals surface area contributed by atoms with Crippen LogP contribution in [0.2, 0.25) is 0 Å². The number of hydrogen-bond donors (Lipinski definition) is 1. The minimum absolute atomic E-state index is 0.00741. The highest BCUT2D eigenvalue weighted by atomic mass is 16.2. The van der Waals surface area contributed by atoms with Crippen molar-refractivity contribution < 1.29 is 4.79 Å². The highest BCUT2D eigenvalue weighted by Gasteiger charge is 2.27. The van der Waals surface area contributed by atoms with Gasteiger partial charge in [-0.3, -0.25) is 0 Å². The van der Waals surface area contributed by atoms with E-state index in [1.165, 1.54) is 5.56 Å². The van der Waals surface area contributed by atoms with E-state index < -0.39 is 0 Å². The number of carbonyl (C=O) groups excluding carboxylic acids is 1. The molecule has 1 fully saturated rings. The summed E-state index contributed by atoms with van der Waals surface area (Å²) in [5.74, 6) is 1.39. The number of anilines is 1. The summed E-state index contributed by atoms with van der Waals surface area (Å²) < 4.78 is 2.23. The molecular formula is C21H31N5O. The van der Waals surface area contributed by atoms with Crippen molar-refractivity contribution in [2.24, 2.45) is 0 Å². The van der Waals surface area contributed by atoms with Crippen LogP contribution in [0.25, 0.3) is 0 Å². The van der Waals surface area contributed by atoms with Gasteiger partial charge in [0.05, 0.1) is 0 Å². The number of para-hydroxylation sites is 1. The molecule has 1 atom stereocenters. The van der Waals surface area contributed by atoms with Gasteiger partial charge in [-0.05, 0) is 45.0 Å². The predicted molar refractivity (Wildman–Crippen MR) is 109 cm³/mol. The number of likely N-dealkylation sites (tertiary alicyclic amines) is 1. The molecule has 2 heterocycles. The summed E-state index contributed by atoms with van der Waals surface area (Å²) in [6.45, 7) is 5.53. The number of nitrogens with one attached hydrogen (secondary N) is 1. The molecule has 6 heteroatoms. The van der Waals surface area contributed by atoms with Gasteiger partial charge in [-0.15, -0.1) is 0 Å². The van der Waals surface area contributed by atoms with Crippen LogP contribution in [-0.4, -0.2) is 59.1 Å². The predicted octanol–water partition coefficient (Wildman–Crippen LogP) is 3.42. The molecule has 3 rings (SSSR count). The number of aromatic nitrogens is 2. The zero-order valence-corrected chi connectivity index (χ0v) is 16.7. The third kappa shape index (κ3) is 4.89. The van der Waals surface area contributed by atoms with Crippen molar-refractivity contribution >= 4 is 11.7 Å². The molecule has 2 aromatic rings. The highest BCUT2D eigenvalue weighted by Crippen LogP contribution is 2.26. The fourth-order valence-corrected chi connectivity index (χ4v) is 3.69. The van der Waals surface area contributed by atoms with Crippen molar-refractivity contribution in [1.82, 2.24) is 19.4 Å². The van der Waals surface area contributed by atoms with Crippen molar-refractivity contribution in [3.8, 4) is 0 Å². The molecule has 0 aliphatic carbocycles. The second-order valence-corrected chi connectivity index (χ2v) is 7.51. The molecule has 1 saturated heterocycles.